The molecule has 2 aromatic rings. The van der Waals surface area contributed by atoms with Crippen molar-refractivity contribution in [2.45, 2.75) is 6.18 Å². The van der Waals surface area contributed by atoms with Crippen LogP contribution in [0.4, 0.5) is 27.6 Å². The van der Waals surface area contributed by atoms with Gasteiger partial charge in [-0.15, -0.1) is 0 Å². The van der Waals surface area contributed by atoms with Crippen LogP contribution in [-0.2, 0) is 25.2 Å². The van der Waals surface area contributed by atoms with E-state index in [2.05, 4.69) is 15.9 Å². The summed E-state index contributed by atoms with van der Waals surface area (Å²) in [7, 11) is 2.18. The molecule has 1 aliphatic heterocycles. The number of halogens is 6. The van der Waals surface area contributed by atoms with Gasteiger partial charge < -0.3 is 19.1 Å². The van der Waals surface area contributed by atoms with Gasteiger partial charge in [0.05, 0.1) is 35.5 Å². The lowest BCUT2D eigenvalue weighted by Gasteiger charge is -2.26. The number of para-hydroxylation sites is 1. The number of alkyl halides is 3. The minimum absolute atomic E-state index is 0.0141. The predicted molar refractivity (Wildman–Crippen MR) is 117 cm³/mol. The first-order chi connectivity index (χ1) is 16.5. The summed E-state index contributed by atoms with van der Waals surface area (Å²) in [5.41, 5.74) is -2.07. The van der Waals surface area contributed by atoms with Crippen LogP contribution in [0.2, 0.25) is 0 Å². The summed E-state index contributed by atoms with van der Waals surface area (Å²) in [6.07, 6.45) is 0.536. The lowest BCUT2D eigenvalue weighted by atomic mass is 10.1. The molecule has 0 fully saturated rings. The first-order valence-corrected chi connectivity index (χ1v) is 10.4. The first kappa shape index (κ1) is 25.9. The average molecular weight is 560 g/mol. The lowest BCUT2D eigenvalue weighted by molar-refractivity contribution is -0.139. The van der Waals surface area contributed by atoms with Crippen LogP contribution in [0, 0.1) is 11.6 Å². The summed E-state index contributed by atoms with van der Waals surface area (Å²) in [5, 5.41) is 0. The Labute approximate surface area is 204 Å². The van der Waals surface area contributed by atoms with Gasteiger partial charge in [0.25, 0.3) is 0 Å². The number of hydrogen-bond donors (Lipinski definition) is 0. The van der Waals surface area contributed by atoms with Crippen LogP contribution in [0.3, 0.4) is 0 Å². The van der Waals surface area contributed by atoms with Crippen molar-refractivity contribution in [2.75, 3.05) is 19.1 Å². The van der Waals surface area contributed by atoms with Crippen LogP contribution in [0.25, 0.3) is 0 Å². The molecule has 0 atom stereocenters. The number of carbonyl (C=O) groups excluding carboxylic acids is 2. The molecule has 0 radical (unpaired) electrons. The highest BCUT2D eigenvalue weighted by Crippen LogP contribution is 2.43. The maximum Gasteiger partial charge on any atom is 0.416 e. The Morgan fingerprint density at radius 2 is 1.57 bits per heavy atom. The zero-order valence-electron chi connectivity index (χ0n) is 18.0. The number of rotatable bonds is 5. The van der Waals surface area contributed by atoms with Crippen LogP contribution in [0.5, 0.6) is 11.5 Å². The largest absolute Gasteiger partial charge is 0.465 e. The SMILES string of the molecule is COC(=O)C1=C(C(=O)OC)N(c2cccc(Br)c2Oc2c(F)cc(C(F)(F)F)cc2F)C=CC=C1. The van der Waals surface area contributed by atoms with Crippen LogP contribution in [-0.4, -0.2) is 26.2 Å². The van der Waals surface area contributed by atoms with E-state index in [1.54, 1.807) is 0 Å². The number of anilines is 1. The number of benzene rings is 2. The topological polar surface area (TPSA) is 65.1 Å². The highest BCUT2D eigenvalue weighted by molar-refractivity contribution is 9.10. The van der Waals surface area contributed by atoms with Gasteiger partial charge in [0, 0.05) is 6.20 Å². The Hall–Kier alpha value is -3.67. The number of carbonyl (C=O) groups is 2. The smallest absolute Gasteiger partial charge is 0.416 e. The second-order valence-electron chi connectivity index (χ2n) is 6.77. The number of nitrogens with zero attached hydrogens (tertiary/aromatic N) is 1. The molecular formula is C23H15BrF5NO5. The normalized spacial score (nSPS) is 13.5. The van der Waals surface area contributed by atoms with Gasteiger partial charge in [-0.3, -0.25) is 0 Å². The van der Waals surface area contributed by atoms with Gasteiger partial charge >= 0.3 is 18.1 Å². The van der Waals surface area contributed by atoms with Crippen LogP contribution in [0.1, 0.15) is 5.56 Å². The van der Waals surface area contributed by atoms with Gasteiger partial charge in [0.15, 0.2) is 23.1 Å². The van der Waals surface area contributed by atoms with E-state index in [1.165, 1.54) is 42.6 Å². The second-order valence-corrected chi connectivity index (χ2v) is 7.63. The summed E-state index contributed by atoms with van der Waals surface area (Å²) in [4.78, 5) is 26.2. The maximum absolute atomic E-state index is 14.5. The molecule has 0 spiro atoms. The molecule has 0 aromatic heterocycles. The highest BCUT2D eigenvalue weighted by atomic mass is 79.9. The van der Waals surface area contributed by atoms with E-state index in [9.17, 15) is 31.5 Å². The molecule has 2 aromatic carbocycles. The van der Waals surface area contributed by atoms with Gasteiger partial charge in [-0.25, -0.2) is 18.4 Å². The summed E-state index contributed by atoms with van der Waals surface area (Å²) < 4.78 is 82.8. The fourth-order valence-electron chi connectivity index (χ4n) is 3.06. The summed E-state index contributed by atoms with van der Waals surface area (Å²) >= 11 is 3.18. The van der Waals surface area contributed by atoms with Crippen molar-refractivity contribution in [2.24, 2.45) is 0 Å². The van der Waals surface area contributed by atoms with Crippen molar-refractivity contribution < 1.29 is 45.8 Å². The molecule has 6 nitrogen and oxygen atoms in total. The van der Waals surface area contributed by atoms with E-state index >= 15 is 0 Å². The molecular weight excluding hydrogens is 545 g/mol. The van der Waals surface area contributed by atoms with E-state index in [4.69, 9.17) is 14.2 Å². The van der Waals surface area contributed by atoms with Gasteiger partial charge in [-0.1, -0.05) is 12.1 Å². The molecule has 0 saturated heterocycles. The van der Waals surface area contributed by atoms with Crippen LogP contribution < -0.4 is 9.64 Å². The minimum Gasteiger partial charge on any atom is -0.465 e. The molecule has 3 rings (SSSR count). The average Bonchev–Trinajstić information content (AvgIpc) is 3.03. The molecule has 0 unspecified atom stereocenters. The zero-order valence-corrected chi connectivity index (χ0v) is 19.5. The van der Waals surface area contributed by atoms with Gasteiger partial charge in [0.1, 0.15) is 5.70 Å². The van der Waals surface area contributed by atoms with E-state index in [0.717, 1.165) is 19.1 Å². The molecule has 1 heterocycles. The predicted octanol–water partition coefficient (Wildman–Crippen LogP) is 6.03. The lowest BCUT2D eigenvalue weighted by Crippen LogP contribution is -2.27. The van der Waals surface area contributed by atoms with Crippen molar-refractivity contribution >= 4 is 33.6 Å². The van der Waals surface area contributed by atoms with Crippen molar-refractivity contribution in [1.29, 1.82) is 0 Å². The monoisotopic (exact) mass is 559 g/mol. The van der Waals surface area contributed by atoms with E-state index < -0.39 is 41.1 Å². The fourth-order valence-corrected chi connectivity index (χ4v) is 3.50. The third-order valence-corrected chi connectivity index (χ3v) is 5.25. The Kier molecular flexibility index (Phi) is 7.64. The Morgan fingerprint density at radius 1 is 0.943 bits per heavy atom. The van der Waals surface area contributed by atoms with E-state index in [0.29, 0.717) is 0 Å². The van der Waals surface area contributed by atoms with Gasteiger partial charge in [-0.2, -0.15) is 13.2 Å². The number of hydrogen-bond acceptors (Lipinski definition) is 6. The molecule has 0 aliphatic carbocycles. The van der Waals surface area contributed by atoms with Crippen molar-refractivity contribution in [3.05, 3.63) is 87.7 Å². The fraction of sp³-hybridized carbons (Fsp3) is 0.130. The Balaban J connectivity index is 2.20. The van der Waals surface area contributed by atoms with Crippen molar-refractivity contribution in [1.82, 2.24) is 0 Å². The summed E-state index contributed by atoms with van der Waals surface area (Å²) in [5.74, 6) is -6.44. The third kappa shape index (κ3) is 5.37. The number of esters is 2. The number of ether oxygens (including phenoxy) is 3. The molecule has 0 N–H and O–H groups in total. The highest BCUT2D eigenvalue weighted by Gasteiger charge is 2.34. The summed E-state index contributed by atoms with van der Waals surface area (Å²) in [6.45, 7) is 0. The molecule has 0 bridgehead atoms. The molecule has 12 heteroatoms. The van der Waals surface area contributed by atoms with Crippen molar-refractivity contribution in [3.63, 3.8) is 0 Å². The van der Waals surface area contributed by atoms with Gasteiger partial charge in [-0.05, 0) is 52.3 Å². The molecule has 35 heavy (non-hydrogen) atoms. The maximum atomic E-state index is 14.5. The zero-order chi connectivity index (χ0) is 25.9. The van der Waals surface area contributed by atoms with E-state index in [1.807, 2.05) is 0 Å². The standard InChI is InChI=1S/C23H15BrF5NO5/c1-33-21(31)13-6-3-4-9-30(18(13)22(32)34-2)17-8-5-7-14(24)19(17)35-20-15(25)10-12(11-16(20)26)23(27,28)29/h3-11H,1-2H3. The van der Waals surface area contributed by atoms with Gasteiger partial charge in [0.2, 0.25) is 0 Å². The van der Waals surface area contributed by atoms with Crippen LogP contribution in [0.15, 0.2) is 70.5 Å². The molecule has 0 saturated carbocycles. The molecule has 1 aliphatic rings. The second kappa shape index (κ2) is 10.3. The minimum atomic E-state index is -4.98. The molecule has 0 amide bonds. The molecule has 184 valence electrons. The Bertz CT molecular complexity index is 1250. The number of allylic oxidation sites excluding steroid dienone is 2. The third-order valence-electron chi connectivity index (χ3n) is 4.62. The summed E-state index contributed by atoms with van der Waals surface area (Å²) in [6, 6.07) is 4.50. The number of methoxy groups -OCH3 is 2. The van der Waals surface area contributed by atoms with E-state index in [-0.39, 0.29) is 39.3 Å². The van der Waals surface area contributed by atoms with Crippen molar-refractivity contribution in [3.8, 4) is 11.5 Å². The Morgan fingerprint density at radius 3 is 2.14 bits per heavy atom. The van der Waals surface area contributed by atoms with Crippen LogP contribution >= 0.6 is 15.9 Å². The quantitative estimate of drug-likeness (QED) is 0.329. The first-order valence-electron chi connectivity index (χ1n) is 9.57.